The Morgan fingerprint density at radius 1 is 1.26 bits per heavy atom. The fourth-order valence-corrected chi connectivity index (χ4v) is 1.58. The molecule has 0 amide bonds. The maximum absolute atomic E-state index is 10.8. The second-order valence-electron chi connectivity index (χ2n) is 4.93. The first-order chi connectivity index (χ1) is 9.00. The van der Waals surface area contributed by atoms with Crippen molar-refractivity contribution in [1.29, 1.82) is 0 Å². The number of rotatable bonds is 8. The van der Waals surface area contributed by atoms with E-state index < -0.39 is 5.97 Å². The number of carboxylic acids is 1. The van der Waals surface area contributed by atoms with Crippen LogP contribution in [-0.4, -0.2) is 30.9 Å². The Balaban J connectivity index is 2.32. The first kappa shape index (κ1) is 15.5. The quantitative estimate of drug-likeness (QED) is 0.734. The van der Waals surface area contributed by atoms with Gasteiger partial charge < -0.3 is 14.6 Å². The number of hydrogen-bond acceptors (Lipinski definition) is 3. The van der Waals surface area contributed by atoms with Gasteiger partial charge in [0, 0.05) is 6.61 Å². The van der Waals surface area contributed by atoms with Gasteiger partial charge in [-0.05, 0) is 43.0 Å². The monoisotopic (exact) mass is 266 g/mol. The van der Waals surface area contributed by atoms with E-state index in [1.165, 1.54) is 0 Å². The van der Waals surface area contributed by atoms with Crippen molar-refractivity contribution in [2.75, 3.05) is 19.8 Å². The minimum atomic E-state index is -0.924. The lowest BCUT2D eigenvalue weighted by atomic mass is 10.1. The molecule has 0 aliphatic rings. The van der Waals surface area contributed by atoms with Crippen molar-refractivity contribution < 1.29 is 19.4 Å². The van der Waals surface area contributed by atoms with Crippen molar-refractivity contribution in [2.45, 2.75) is 27.2 Å². The zero-order valence-corrected chi connectivity index (χ0v) is 11.8. The second kappa shape index (κ2) is 7.79. The average Bonchev–Trinajstić information content (AvgIpc) is 2.34. The van der Waals surface area contributed by atoms with E-state index in [9.17, 15) is 4.79 Å². The summed E-state index contributed by atoms with van der Waals surface area (Å²) in [4.78, 5) is 10.8. The number of carboxylic acid groups (broad SMARTS) is 1. The highest BCUT2D eigenvalue weighted by molar-refractivity contribution is 5.88. The molecule has 4 nitrogen and oxygen atoms in total. The molecular formula is C15H22O4. The summed E-state index contributed by atoms with van der Waals surface area (Å²) < 4.78 is 11.0. The number of hydrogen-bond donors (Lipinski definition) is 1. The normalized spacial score (nSPS) is 10.7. The van der Waals surface area contributed by atoms with Gasteiger partial charge in [-0.25, -0.2) is 4.79 Å². The molecule has 0 spiro atoms. The minimum Gasteiger partial charge on any atom is -0.491 e. The number of ether oxygens (including phenoxy) is 2. The fourth-order valence-electron chi connectivity index (χ4n) is 1.58. The molecule has 0 aliphatic heterocycles. The van der Waals surface area contributed by atoms with E-state index in [-0.39, 0.29) is 5.56 Å². The van der Waals surface area contributed by atoms with Crippen LogP contribution in [0.5, 0.6) is 5.75 Å². The van der Waals surface area contributed by atoms with Crippen LogP contribution in [0.1, 0.15) is 36.2 Å². The van der Waals surface area contributed by atoms with E-state index >= 15 is 0 Å². The summed E-state index contributed by atoms with van der Waals surface area (Å²) in [6.07, 6.45) is 1.05. The highest BCUT2D eigenvalue weighted by Gasteiger charge is 2.06. The van der Waals surface area contributed by atoms with Crippen LogP contribution in [-0.2, 0) is 4.74 Å². The molecule has 1 aromatic rings. The molecule has 0 atom stereocenters. The third-order valence-electron chi connectivity index (χ3n) is 2.75. The Kier molecular flexibility index (Phi) is 6.36. The number of aryl methyl sites for hydroxylation is 1. The molecule has 0 bridgehead atoms. The molecule has 0 heterocycles. The van der Waals surface area contributed by atoms with E-state index in [0.717, 1.165) is 18.6 Å². The predicted octanol–water partition coefficient (Wildman–Crippen LogP) is 3.13. The summed E-state index contributed by atoms with van der Waals surface area (Å²) in [5, 5.41) is 8.86. The fraction of sp³-hybridized carbons (Fsp3) is 0.533. The molecule has 19 heavy (non-hydrogen) atoms. The Morgan fingerprint density at radius 3 is 2.58 bits per heavy atom. The molecule has 0 radical (unpaired) electrons. The number of carbonyl (C=O) groups is 1. The van der Waals surface area contributed by atoms with Gasteiger partial charge in [0.15, 0.2) is 0 Å². The lowest BCUT2D eigenvalue weighted by Gasteiger charge is -2.10. The molecule has 106 valence electrons. The van der Waals surface area contributed by atoms with E-state index in [1.54, 1.807) is 18.2 Å². The Labute approximate surface area is 114 Å². The van der Waals surface area contributed by atoms with Crippen LogP contribution in [0.25, 0.3) is 0 Å². The first-order valence-electron chi connectivity index (χ1n) is 6.55. The molecular weight excluding hydrogens is 244 g/mol. The largest absolute Gasteiger partial charge is 0.491 e. The van der Waals surface area contributed by atoms with Gasteiger partial charge in [-0.1, -0.05) is 13.8 Å². The van der Waals surface area contributed by atoms with Crippen LogP contribution in [0.15, 0.2) is 18.2 Å². The van der Waals surface area contributed by atoms with Crippen LogP contribution in [0.4, 0.5) is 0 Å². The minimum absolute atomic E-state index is 0.276. The van der Waals surface area contributed by atoms with Crippen LogP contribution < -0.4 is 4.74 Å². The summed E-state index contributed by atoms with van der Waals surface area (Å²) >= 11 is 0. The lowest BCUT2D eigenvalue weighted by molar-refractivity contribution is 0.0696. The zero-order chi connectivity index (χ0) is 14.3. The van der Waals surface area contributed by atoms with E-state index in [2.05, 4.69) is 13.8 Å². The lowest BCUT2D eigenvalue weighted by Crippen LogP contribution is -2.09. The second-order valence-corrected chi connectivity index (χ2v) is 4.93. The van der Waals surface area contributed by atoms with Gasteiger partial charge in [-0.15, -0.1) is 0 Å². The van der Waals surface area contributed by atoms with Crippen molar-refractivity contribution >= 4 is 5.97 Å². The third-order valence-corrected chi connectivity index (χ3v) is 2.75. The standard InChI is InChI=1S/C15H22O4/c1-11(2)6-7-18-8-9-19-14-5-4-13(15(16)17)10-12(14)3/h4-5,10-11H,6-9H2,1-3H3,(H,16,17). The van der Waals surface area contributed by atoms with Gasteiger partial charge in [0.1, 0.15) is 12.4 Å². The summed E-state index contributed by atoms with van der Waals surface area (Å²) in [5.41, 5.74) is 1.10. The van der Waals surface area contributed by atoms with Crippen LogP contribution in [0.2, 0.25) is 0 Å². The third kappa shape index (κ3) is 5.75. The number of benzene rings is 1. The first-order valence-corrected chi connectivity index (χ1v) is 6.55. The maximum Gasteiger partial charge on any atom is 0.335 e. The van der Waals surface area contributed by atoms with E-state index in [0.29, 0.717) is 24.9 Å². The highest BCUT2D eigenvalue weighted by Crippen LogP contribution is 2.19. The maximum atomic E-state index is 10.8. The van der Waals surface area contributed by atoms with E-state index in [1.807, 2.05) is 6.92 Å². The molecule has 1 rings (SSSR count). The molecule has 0 unspecified atom stereocenters. The van der Waals surface area contributed by atoms with Crippen LogP contribution in [0.3, 0.4) is 0 Å². The van der Waals surface area contributed by atoms with Gasteiger partial charge in [-0.2, -0.15) is 0 Å². The summed E-state index contributed by atoms with van der Waals surface area (Å²) in [7, 11) is 0. The van der Waals surface area contributed by atoms with Crippen molar-refractivity contribution in [3.05, 3.63) is 29.3 Å². The molecule has 0 saturated carbocycles. The molecule has 0 fully saturated rings. The van der Waals surface area contributed by atoms with Gasteiger partial charge in [0.2, 0.25) is 0 Å². The Morgan fingerprint density at radius 2 is 2.00 bits per heavy atom. The van der Waals surface area contributed by atoms with Crippen molar-refractivity contribution in [1.82, 2.24) is 0 Å². The SMILES string of the molecule is Cc1cc(C(=O)O)ccc1OCCOCCC(C)C. The Bertz CT molecular complexity index is 413. The summed E-state index contributed by atoms with van der Waals surface area (Å²) in [6.45, 7) is 7.93. The van der Waals surface area contributed by atoms with Gasteiger partial charge in [-0.3, -0.25) is 0 Å². The predicted molar refractivity (Wildman–Crippen MR) is 73.9 cm³/mol. The zero-order valence-electron chi connectivity index (χ0n) is 11.8. The summed E-state index contributed by atoms with van der Waals surface area (Å²) in [5.74, 6) is 0.427. The van der Waals surface area contributed by atoms with Crippen molar-refractivity contribution in [3.8, 4) is 5.75 Å². The van der Waals surface area contributed by atoms with Crippen LogP contribution >= 0.6 is 0 Å². The van der Waals surface area contributed by atoms with E-state index in [4.69, 9.17) is 14.6 Å². The highest BCUT2D eigenvalue weighted by atomic mass is 16.5. The molecule has 0 saturated heterocycles. The average molecular weight is 266 g/mol. The topological polar surface area (TPSA) is 55.8 Å². The van der Waals surface area contributed by atoms with Gasteiger partial charge in [0.25, 0.3) is 0 Å². The Hall–Kier alpha value is -1.55. The molecule has 0 aliphatic carbocycles. The number of aromatic carboxylic acids is 1. The van der Waals surface area contributed by atoms with Crippen LogP contribution in [0, 0.1) is 12.8 Å². The smallest absolute Gasteiger partial charge is 0.335 e. The molecule has 1 aromatic carbocycles. The molecule has 1 N–H and O–H groups in total. The van der Waals surface area contributed by atoms with Gasteiger partial charge in [0.05, 0.1) is 12.2 Å². The van der Waals surface area contributed by atoms with Crippen molar-refractivity contribution in [2.24, 2.45) is 5.92 Å². The molecule has 4 heteroatoms. The van der Waals surface area contributed by atoms with Gasteiger partial charge >= 0.3 is 5.97 Å². The van der Waals surface area contributed by atoms with Crippen molar-refractivity contribution in [3.63, 3.8) is 0 Å². The molecule has 0 aromatic heterocycles. The summed E-state index contributed by atoms with van der Waals surface area (Å²) in [6, 6.07) is 4.84.